The molecule has 0 saturated carbocycles. The minimum absolute atomic E-state index is 0.0322. The van der Waals surface area contributed by atoms with Crippen LogP contribution in [0.25, 0.3) is 11.0 Å². The van der Waals surface area contributed by atoms with Crippen LogP contribution < -0.4 is 16.1 Å². The highest BCUT2D eigenvalue weighted by Crippen LogP contribution is 2.30. The number of amides is 1. The summed E-state index contributed by atoms with van der Waals surface area (Å²) in [4.78, 5) is 27.5. The van der Waals surface area contributed by atoms with E-state index >= 15 is 0 Å². The van der Waals surface area contributed by atoms with Crippen molar-refractivity contribution >= 4 is 35.4 Å². The molecule has 1 amide bonds. The first kappa shape index (κ1) is 29.9. The lowest BCUT2D eigenvalue weighted by atomic mass is 9.97. The number of thiol groups is 1. The van der Waals surface area contributed by atoms with Crippen molar-refractivity contribution in [1.82, 2.24) is 9.80 Å². The summed E-state index contributed by atoms with van der Waals surface area (Å²) in [6, 6.07) is 6.85. The van der Waals surface area contributed by atoms with Gasteiger partial charge in [0.25, 0.3) is 0 Å². The molecule has 0 radical (unpaired) electrons. The average molecular weight is 548 g/mol. The number of carbonyl (C=O) groups is 1. The Balaban J connectivity index is 0.000000717. The van der Waals surface area contributed by atoms with E-state index in [0.29, 0.717) is 10.9 Å². The molecule has 2 N–H and O–H groups in total. The van der Waals surface area contributed by atoms with Crippen LogP contribution in [-0.2, 0) is 13.0 Å². The second-order valence-electron chi connectivity index (χ2n) is 8.40. The number of ether oxygens (including phenoxy) is 1. The van der Waals surface area contributed by atoms with Crippen LogP contribution >= 0.6 is 12.6 Å². The van der Waals surface area contributed by atoms with Crippen LogP contribution in [0.1, 0.15) is 16.7 Å². The summed E-state index contributed by atoms with van der Waals surface area (Å²) in [5.74, 6) is -2.81. The van der Waals surface area contributed by atoms with Crippen molar-refractivity contribution in [3.63, 3.8) is 0 Å². The Morgan fingerprint density at radius 3 is 2.27 bits per heavy atom. The lowest BCUT2D eigenvalue weighted by Gasteiger charge is -2.17. The van der Waals surface area contributed by atoms with Crippen LogP contribution in [-0.4, -0.2) is 56.0 Å². The fraction of sp³-hybridized carbons (Fsp3) is 0.333. The second-order valence-corrected chi connectivity index (χ2v) is 8.71. The number of nitrogens with zero attached hydrogens (tertiary/aromatic N) is 2. The van der Waals surface area contributed by atoms with Gasteiger partial charge in [-0.15, -0.1) is 0 Å². The number of benzene rings is 2. The van der Waals surface area contributed by atoms with Gasteiger partial charge in [0.05, 0.1) is 11.4 Å². The van der Waals surface area contributed by atoms with Gasteiger partial charge in [0.1, 0.15) is 11.4 Å². The number of nitrogens with two attached hydrogens (primary N) is 1. The summed E-state index contributed by atoms with van der Waals surface area (Å²) in [6.45, 7) is 0.275. The van der Waals surface area contributed by atoms with Gasteiger partial charge in [-0.2, -0.15) is 25.8 Å². The van der Waals surface area contributed by atoms with Gasteiger partial charge in [-0.25, -0.2) is 18.4 Å². The average Bonchev–Trinajstić information content (AvgIpc) is 2.79. The number of alkyl halides is 3. The van der Waals surface area contributed by atoms with Crippen LogP contribution in [0.15, 0.2) is 39.5 Å². The van der Waals surface area contributed by atoms with Crippen LogP contribution in [0.5, 0.6) is 5.75 Å². The van der Waals surface area contributed by atoms with Crippen molar-refractivity contribution < 1.29 is 35.9 Å². The number of hydrogen-bond donors (Lipinski definition) is 2. The summed E-state index contributed by atoms with van der Waals surface area (Å²) in [5.41, 5.74) is 5.88. The fourth-order valence-corrected chi connectivity index (χ4v) is 3.17. The summed E-state index contributed by atoms with van der Waals surface area (Å²) < 4.78 is 71.7. The zero-order valence-electron chi connectivity index (χ0n) is 20.4. The number of halogens is 5. The predicted molar refractivity (Wildman–Crippen MR) is 133 cm³/mol. The maximum absolute atomic E-state index is 14.7. The Kier molecular flexibility index (Phi) is 9.93. The van der Waals surface area contributed by atoms with Crippen LogP contribution in [0.4, 0.5) is 32.4 Å². The van der Waals surface area contributed by atoms with Crippen molar-refractivity contribution in [2.24, 2.45) is 0 Å². The molecule has 1 aromatic heterocycles. The van der Waals surface area contributed by atoms with Gasteiger partial charge in [0.2, 0.25) is 0 Å². The van der Waals surface area contributed by atoms with E-state index in [4.69, 9.17) is 14.9 Å². The first-order chi connectivity index (χ1) is 17.1. The maximum atomic E-state index is 14.7. The first-order valence-corrected chi connectivity index (χ1v) is 11.3. The van der Waals surface area contributed by atoms with Crippen LogP contribution in [0, 0.1) is 11.6 Å². The molecule has 3 aromatic rings. The third-order valence-electron chi connectivity index (χ3n) is 4.86. The van der Waals surface area contributed by atoms with E-state index in [1.54, 1.807) is 25.1 Å². The molecule has 202 valence electrons. The Morgan fingerprint density at radius 2 is 1.73 bits per heavy atom. The smallest absolute Gasteiger partial charge is 0.414 e. The van der Waals surface area contributed by atoms with E-state index in [1.807, 2.05) is 0 Å². The Labute approximate surface area is 215 Å². The molecule has 0 bridgehead atoms. The van der Waals surface area contributed by atoms with E-state index in [1.165, 1.54) is 26.2 Å². The minimum Gasteiger partial charge on any atom is -0.422 e. The molecule has 0 aliphatic rings. The summed E-state index contributed by atoms with van der Waals surface area (Å²) in [6.07, 6.45) is -4.94. The van der Waals surface area contributed by atoms with Gasteiger partial charge >= 0.3 is 17.9 Å². The SMILES string of the molecule is CN(C)Cc1c(Cc2cccc(N)c2F)c(=O)oc2cc(OC(=O)N(C)C)c(F)cc12.FC(F)(F)CS. The molecule has 7 nitrogen and oxygen atoms in total. The predicted octanol–water partition coefficient (Wildman–Crippen LogP) is 4.84. The van der Waals surface area contributed by atoms with Gasteiger partial charge in [-0.05, 0) is 37.4 Å². The molecule has 3 rings (SSSR count). The van der Waals surface area contributed by atoms with Gasteiger partial charge in [0.15, 0.2) is 11.6 Å². The lowest BCUT2D eigenvalue weighted by molar-refractivity contribution is -0.104. The Bertz CT molecular complexity index is 1330. The number of nitrogen functional groups attached to an aromatic ring is 1. The van der Waals surface area contributed by atoms with Crippen LogP contribution in [0.3, 0.4) is 0 Å². The number of hydrogen-bond acceptors (Lipinski definition) is 7. The largest absolute Gasteiger partial charge is 0.422 e. The Hall–Kier alpha value is -3.32. The van der Waals surface area contributed by atoms with Crippen molar-refractivity contribution in [2.75, 3.05) is 39.7 Å². The van der Waals surface area contributed by atoms with Crippen molar-refractivity contribution in [2.45, 2.75) is 19.1 Å². The monoisotopic (exact) mass is 547 g/mol. The summed E-state index contributed by atoms with van der Waals surface area (Å²) in [7, 11) is 6.49. The molecule has 0 aliphatic carbocycles. The molecule has 0 aliphatic heterocycles. The van der Waals surface area contributed by atoms with Gasteiger partial charge in [-0.1, -0.05) is 12.1 Å². The molecule has 37 heavy (non-hydrogen) atoms. The number of carbonyl (C=O) groups excluding carboxylic acids is 1. The Morgan fingerprint density at radius 1 is 1.11 bits per heavy atom. The van der Waals surface area contributed by atoms with Gasteiger partial charge < -0.3 is 24.7 Å². The van der Waals surface area contributed by atoms with E-state index < -0.39 is 35.3 Å². The van der Waals surface area contributed by atoms with E-state index in [0.717, 1.165) is 17.0 Å². The molecule has 0 spiro atoms. The van der Waals surface area contributed by atoms with E-state index in [-0.39, 0.29) is 41.1 Å². The minimum atomic E-state index is -4.09. The summed E-state index contributed by atoms with van der Waals surface area (Å²) >= 11 is 2.98. The quantitative estimate of drug-likeness (QED) is 0.206. The molecular formula is C24H26F5N3O4S. The fourth-order valence-electron chi connectivity index (χ4n) is 3.17. The maximum Gasteiger partial charge on any atom is 0.414 e. The van der Waals surface area contributed by atoms with Crippen molar-refractivity contribution in [3.8, 4) is 5.75 Å². The molecular weight excluding hydrogens is 521 g/mol. The first-order valence-electron chi connectivity index (χ1n) is 10.7. The summed E-state index contributed by atoms with van der Waals surface area (Å²) in [5, 5.41) is 0.328. The third-order valence-corrected chi connectivity index (χ3v) is 5.22. The highest BCUT2D eigenvalue weighted by atomic mass is 32.1. The second kappa shape index (κ2) is 12.3. The van der Waals surface area contributed by atoms with E-state index in [2.05, 4.69) is 12.6 Å². The van der Waals surface area contributed by atoms with Gasteiger partial charge in [-0.3, -0.25) is 0 Å². The molecule has 0 atom stereocenters. The number of anilines is 1. The lowest BCUT2D eigenvalue weighted by Crippen LogP contribution is -2.25. The van der Waals surface area contributed by atoms with E-state index in [9.17, 15) is 31.5 Å². The molecule has 0 saturated heterocycles. The number of fused-ring (bicyclic) bond motifs is 1. The van der Waals surface area contributed by atoms with Gasteiger partial charge in [0, 0.05) is 44.1 Å². The number of rotatable bonds is 5. The molecule has 2 aromatic carbocycles. The highest BCUT2D eigenvalue weighted by Gasteiger charge is 2.23. The zero-order chi connectivity index (χ0) is 28.1. The molecule has 0 unspecified atom stereocenters. The highest BCUT2D eigenvalue weighted by molar-refractivity contribution is 7.80. The molecule has 1 heterocycles. The zero-order valence-corrected chi connectivity index (χ0v) is 21.3. The molecule has 13 heteroatoms. The standard InChI is InChI=1S/C22H23F2N3O4.C2H3F3S/c1-26(2)11-15-13-9-16(23)19(31-22(29)27(3)4)10-18(13)30-21(28)14(15)8-12-6-5-7-17(25)20(12)24;3-2(4,5)1-6/h5-7,9-10H,8,11,25H2,1-4H3;6H,1H2. The van der Waals surface area contributed by atoms with Crippen molar-refractivity contribution in [1.29, 1.82) is 0 Å². The topological polar surface area (TPSA) is 89.0 Å². The van der Waals surface area contributed by atoms with Crippen molar-refractivity contribution in [3.05, 3.63) is 69.1 Å². The van der Waals surface area contributed by atoms with Crippen LogP contribution in [0.2, 0.25) is 0 Å². The third kappa shape index (κ3) is 8.09. The molecule has 0 fully saturated rings. The normalized spacial score (nSPS) is 11.3.